The van der Waals surface area contributed by atoms with Gasteiger partial charge in [-0.2, -0.15) is 0 Å². The lowest BCUT2D eigenvalue weighted by Crippen LogP contribution is -2.70. The van der Waals surface area contributed by atoms with Crippen molar-refractivity contribution < 1.29 is 62.6 Å². The van der Waals surface area contributed by atoms with E-state index in [9.17, 15) is 38.7 Å². The predicted molar refractivity (Wildman–Crippen MR) is 357 cm³/mol. The van der Waals surface area contributed by atoms with E-state index >= 15 is 19.2 Å². The lowest BCUT2D eigenvalue weighted by Gasteiger charge is -2.48. The molecule has 0 unspecified atom stereocenters. The van der Waals surface area contributed by atoms with Gasteiger partial charge in [0.1, 0.15) is 54.4 Å². The molecule has 528 valence electrons. The van der Waals surface area contributed by atoms with Crippen molar-refractivity contribution in [2.45, 2.75) is 249 Å². The molecule has 0 spiro atoms. The molecule has 92 heavy (non-hydrogen) atoms. The number of ether oxygens (including phenoxy) is 1. The van der Waals surface area contributed by atoms with Crippen LogP contribution < -0.4 is 21.3 Å². The van der Waals surface area contributed by atoms with E-state index in [1.165, 1.54) is 87.7 Å². The third kappa shape index (κ3) is 22.5. The van der Waals surface area contributed by atoms with E-state index in [4.69, 9.17) is 4.74 Å². The van der Waals surface area contributed by atoms with Crippen LogP contribution in [0.25, 0.3) is 0 Å². The molecule has 0 aliphatic carbocycles. The highest BCUT2D eigenvalue weighted by Gasteiger charge is 2.55. The molecule has 1 aliphatic heterocycles. The Morgan fingerprint density at radius 3 is 1.43 bits per heavy atom. The molecule has 1 rings (SSSR count). The number of nitrogens with zero attached hydrogens (tertiary/aromatic N) is 7. The Kier molecular flexibility index (Phi) is 34.9. The van der Waals surface area contributed by atoms with Gasteiger partial charge in [0.2, 0.25) is 64.8 Å². The lowest BCUT2D eigenvalue weighted by molar-refractivity contribution is -0.212. The Morgan fingerprint density at radius 2 is 0.978 bits per heavy atom. The minimum Gasteiger partial charge on any atom is -0.390 e. The standard InChI is InChI=1S/C68H123N11O13/c1-27-31-32-45(17)57(81)56-61(85)71-49(30-4)63(87)73(20)37-54(80)74(21)50(33-39(5)6)60(84)72-55(43(13)14)66(90)75(22)51(34-40(7)8)59(83)69-46(18)58(82)70-47(19)62(86)76(23)52(35-41(9)10)64(88)77(24)53(36-42(11)12)65(89)79(26)68(44(15)16,67(91)78(56)25)92-38-48(28-2)29-3/h27,31,39-53,55-57,81H,28-30,32-38H2,1-26H3,(H,69,83)(H,70,82)(H,71,85)(H,72,84)/b31-27+/t45-,46+,47-,49+,50+,51+,52+,53+,55+,56+,57-,68+/m1/s1. The number of aliphatic hydroxyl groups is 1. The first-order valence-electron chi connectivity index (χ1n) is 33.6. The van der Waals surface area contributed by atoms with Gasteiger partial charge >= 0.3 is 0 Å². The van der Waals surface area contributed by atoms with E-state index < -0.39 is 155 Å². The first-order chi connectivity index (χ1) is 42.6. The zero-order valence-corrected chi connectivity index (χ0v) is 61.1. The van der Waals surface area contributed by atoms with Crippen LogP contribution in [0, 0.1) is 47.3 Å². The third-order valence-electron chi connectivity index (χ3n) is 18.0. The zero-order chi connectivity index (χ0) is 71.3. The number of hydrogen-bond donors (Lipinski definition) is 5. The van der Waals surface area contributed by atoms with Crippen LogP contribution in [0.3, 0.4) is 0 Å². The second-order valence-electron chi connectivity index (χ2n) is 28.2. The van der Waals surface area contributed by atoms with Crippen LogP contribution in [0.5, 0.6) is 0 Å². The minimum absolute atomic E-state index is 0.00506. The van der Waals surface area contributed by atoms with Crippen molar-refractivity contribution in [2.75, 3.05) is 62.5 Å². The topological polar surface area (TPSA) is 288 Å². The Bertz CT molecular complexity index is 2500. The van der Waals surface area contributed by atoms with Gasteiger partial charge in [-0.1, -0.05) is 136 Å². The van der Waals surface area contributed by atoms with Gasteiger partial charge < -0.3 is 65.4 Å². The van der Waals surface area contributed by atoms with Crippen molar-refractivity contribution in [1.29, 1.82) is 0 Å². The maximum atomic E-state index is 16.1. The van der Waals surface area contributed by atoms with Crippen LogP contribution in [0.4, 0.5) is 0 Å². The Morgan fingerprint density at radius 1 is 0.533 bits per heavy atom. The summed E-state index contributed by atoms with van der Waals surface area (Å²) in [4.78, 5) is 172. The number of carbonyl (C=O) groups excluding carboxylic acids is 11. The Balaban J connectivity index is 4.59. The molecule has 0 aromatic heterocycles. The molecule has 1 aliphatic rings. The summed E-state index contributed by atoms with van der Waals surface area (Å²) >= 11 is 0. The molecule has 0 bridgehead atoms. The van der Waals surface area contributed by atoms with E-state index in [-0.39, 0.29) is 74.7 Å². The number of aliphatic hydroxyl groups excluding tert-OH is 1. The first-order valence-corrected chi connectivity index (χ1v) is 33.6. The van der Waals surface area contributed by atoms with Crippen molar-refractivity contribution in [3.63, 3.8) is 0 Å². The first kappa shape index (κ1) is 83.8. The van der Waals surface area contributed by atoms with Crippen molar-refractivity contribution in [1.82, 2.24) is 55.6 Å². The highest BCUT2D eigenvalue weighted by molar-refractivity contribution is 6.00. The van der Waals surface area contributed by atoms with Gasteiger partial charge in [-0.3, -0.25) is 52.7 Å². The molecule has 0 aromatic carbocycles. The van der Waals surface area contributed by atoms with Gasteiger partial charge in [0.05, 0.1) is 19.3 Å². The van der Waals surface area contributed by atoms with Crippen molar-refractivity contribution >= 4 is 65.0 Å². The lowest BCUT2D eigenvalue weighted by atomic mass is 9.89. The van der Waals surface area contributed by atoms with Gasteiger partial charge in [-0.15, -0.1) is 0 Å². The second kappa shape index (κ2) is 38.3. The second-order valence-corrected chi connectivity index (χ2v) is 28.2. The molecule has 1 heterocycles. The molecule has 24 heteroatoms. The summed E-state index contributed by atoms with van der Waals surface area (Å²) in [5.41, 5.74) is -2.21. The van der Waals surface area contributed by atoms with Crippen LogP contribution in [0.15, 0.2) is 12.2 Å². The summed E-state index contributed by atoms with van der Waals surface area (Å²) in [6.07, 6.45) is 4.08. The summed E-state index contributed by atoms with van der Waals surface area (Å²) in [7, 11) is 9.88. The van der Waals surface area contributed by atoms with Crippen LogP contribution in [-0.4, -0.2) is 233 Å². The maximum Gasteiger partial charge on any atom is 0.276 e. The van der Waals surface area contributed by atoms with Crippen molar-refractivity contribution in [3.8, 4) is 0 Å². The summed E-state index contributed by atoms with van der Waals surface area (Å²) in [5.74, 6) is -10.7. The van der Waals surface area contributed by atoms with Gasteiger partial charge in [-0.25, -0.2) is 0 Å². The normalized spacial score (nSPS) is 26.7. The highest BCUT2D eigenvalue weighted by atomic mass is 16.5. The molecule has 0 aromatic rings. The number of amides is 11. The smallest absolute Gasteiger partial charge is 0.276 e. The van der Waals surface area contributed by atoms with E-state index in [1.54, 1.807) is 54.5 Å². The third-order valence-corrected chi connectivity index (χ3v) is 18.0. The summed E-state index contributed by atoms with van der Waals surface area (Å²) in [6.45, 7) is 33.2. The molecule has 11 amide bonds. The van der Waals surface area contributed by atoms with E-state index in [0.29, 0.717) is 12.8 Å². The molecule has 24 nitrogen and oxygen atoms in total. The van der Waals surface area contributed by atoms with Crippen LogP contribution >= 0.6 is 0 Å². The number of carbonyl (C=O) groups is 11. The van der Waals surface area contributed by atoms with Crippen molar-refractivity contribution in [2.24, 2.45) is 47.3 Å². The summed E-state index contributed by atoms with van der Waals surface area (Å²) in [5, 5.41) is 23.5. The summed E-state index contributed by atoms with van der Waals surface area (Å²) in [6, 6.07) is -11.5. The number of likely N-dealkylation sites (N-methyl/N-ethyl adjacent to an activating group) is 7. The van der Waals surface area contributed by atoms with Gasteiger partial charge in [0, 0.05) is 55.3 Å². The maximum absolute atomic E-state index is 16.1. The molecule has 1 saturated heterocycles. The van der Waals surface area contributed by atoms with Crippen LogP contribution in [0.1, 0.15) is 183 Å². The molecule has 1 fully saturated rings. The quantitative estimate of drug-likeness (QED) is 0.1000. The Hall–Kier alpha value is -6.17. The highest BCUT2D eigenvalue weighted by Crippen LogP contribution is 2.34. The minimum atomic E-state index is -2.21. The molecular formula is C68H123N11O13. The largest absolute Gasteiger partial charge is 0.390 e. The van der Waals surface area contributed by atoms with Gasteiger partial charge in [0.25, 0.3) is 5.91 Å². The fourth-order valence-electron chi connectivity index (χ4n) is 11.7. The zero-order valence-electron chi connectivity index (χ0n) is 61.1. The molecule has 12 atom stereocenters. The SMILES string of the molecule is C/C=C/C[C@@H](C)[C@@H](O)[C@H]1C(=O)N[C@@H](CC)C(=O)N(C)CC(=O)N(C)[C@@H](CC(C)C)C(=O)N[C@@H](C(C)C)C(=O)N(C)[C@@H](CC(C)C)C(=O)N[C@@H](C)C(=O)N[C@H](C)C(=O)N(C)[C@@H](CC(C)C)C(=O)N(C)[C@@H](CC(C)C)C(=O)N(C)[C@](OCC(CC)CC)(C(C)C)C(=O)N1C. The monoisotopic (exact) mass is 1300 g/mol. The average molecular weight is 1300 g/mol. The van der Waals surface area contributed by atoms with Gasteiger partial charge in [0.15, 0.2) is 0 Å². The average Bonchev–Trinajstić information content (AvgIpc) is 0.758. The Labute approximate surface area is 552 Å². The molecule has 0 radical (unpaired) electrons. The fraction of sp³-hybridized carbons (Fsp3) is 0.809. The number of hydrogen-bond acceptors (Lipinski definition) is 13. The van der Waals surface area contributed by atoms with E-state index in [2.05, 4.69) is 21.3 Å². The van der Waals surface area contributed by atoms with Crippen molar-refractivity contribution in [3.05, 3.63) is 12.2 Å². The van der Waals surface area contributed by atoms with E-state index in [1.807, 2.05) is 75.3 Å². The van der Waals surface area contributed by atoms with E-state index in [0.717, 1.165) is 9.80 Å². The number of nitrogens with one attached hydrogen (secondary N) is 4. The number of allylic oxidation sites excluding steroid dienone is 2. The summed E-state index contributed by atoms with van der Waals surface area (Å²) < 4.78 is 6.88. The van der Waals surface area contributed by atoms with Crippen LogP contribution in [-0.2, 0) is 57.5 Å². The number of rotatable bonds is 20. The predicted octanol–water partition coefficient (Wildman–Crippen LogP) is 5.05. The van der Waals surface area contributed by atoms with Crippen LogP contribution in [0.2, 0.25) is 0 Å². The fourth-order valence-corrected chi connectivity index (χ4v) is 11.7. The molecular weight excluding hydrogens is 1180 g/mol. The van der Waals surface area contributed by atoms with Gasteiger partial charge in [-0.05, 0) is 101 Å². The molecule has 5 N–H and O–H groups in total. The molecule has 0 saturated carbocycles.